The van der Waals surface area contributed by atoms with E-state index in [0.29, 0.717) is 12.4 Å². The molecule has 0 spiro atoms. The molecule has 0 saturated carbocycles. The van der Waals surface area contributed by atoms with Gasteiger partial charge in [-0.2, -0.15) is 4.31 Å². The van der Waals surface area contributed by atoms with E-state index in [1.807, 2.05) is 6.92 Å². The van der Waals surface area contributed by atoms with Crippen LogP contribution < -0.4 is 11.3 Å². The molecule has 2 rings (SSSR count). The average molecular weight is 298 g/mol. The molecule has 1 aromatic rings. The zero-order chi connectivity index (χ0) is 14.6. The van der Waals surface area contributed by atoms with Gasteiger partial charge in [-0.3, -0.25) is 0 Å². The molecule has 0 amide bonds. The summed E-state index contributed by atoms with van der Waals surface area (Å²) >= 11 is 0. The van der Waals surface area contributed by atoms with Crippen molar-refractivity contribution in [1.82, 2.24) is 9.29 Å². The number of sulfonamides is 1. The molecule has 1 fully saturated rings. The van der Waals surface area contributed by atoms with Crippen LogP contribution in [0.25, 0.3) is 0 Å². The summed E-state index contributed by atoms with van der Waals surface area (Å²) in [5.74, 6) is 5.69. The number of nitrogens with one attached hydrogen (secondary N) is 1. The number of nitrogens with zero attached hydrogens (tertiary/aromatic N) is 2. The third-order valence-electron chi connectivity index (χ3n) is 3.79. The third-order valence-corrected chi connectivity index (χ3v) is 5.72. The predicted octanol–water partition coefficient (Wildman–Crippen LogP) is 1.71. The molecule has 0 radical (unpaired) electrons. The van der Waals surface area contributed by atoms with Gasteiger partial charge in [0.15, 0.2) is 0 Å². The number of pyridine rings is 1. The first-order chi connectivity index (χ1) is 9.59. The highest BCUT2D eigenvalue weighted by Crippen LogP contribution is 2.26. The van der Waals surface area contributed by atoms with E-state index in [1.165, 1.54) is 6.20 Å². The van der Waals surface area contributed by atoms with Crippen LogP contribution in [0, 0.1) is 0 Å². The molecule has 1 aromatic heterocycles. The molecule has 0 bridgehead atoms. The molecule has 112 valence electrons. The summed E-state index contributed by atoms with van der Waals surface area (Å²) in [7, 11) is -3.47. The van der Waals surface area contributed by atoms with Crippen LogP contribution in [0.3, 0.4) is 0 Å². The van der Waals surface area contributed by atoms with E-state index in [4.69, 9.17) is 5.84 Å². The summed E-state index contributed by atoms with van der Waals surface area (Å²) in [6.07, 6.45) is 6.25. The van der Waals surface area contributed by atoms with E-state index in [2.05, 4.69) is 10.4 Å². The molecule has 20 heavy (non-hydrogen) atoms. The normalized spacial score (nSPS) is 21.4. The monoisotopic (exact) mass is 298 g/mol. The lowest BCUT2D eigenvalue weighted by molar-refractivity contribution is 0.315. The van der Waals surface area contributed by atoms with Gasteiger partial charge in [-0.05, 0) is 31.4 Å². The summed E-state index contributed by atoms with van der Waals surface area (Å²) in [5, 5.41) is 0. The van der Waals surface area contributed by atoms with Crippen molar-refractivity contribution in [2.75, 3.05) is 12.0 Å². The molecule has 0 aliphatic carbocycles. The lowest BCUT2D eigenvalue weighted by atomic mass is 10.1. The molecule has 1 saturated heterocycles. The van der Waals surface area contributed by atoms with Crippen LogP contribution in [0.4, 0.5) is 5.82 Å². The van der Waals surface area contributed by atoms with Crippen molar-refractivity contribution >= 4 is 15.8 Å². The number of nitrogens with two attached hydrogens (primary N) is 1. The molecule has 1 aliphatic rings. The van der Waals surface area contributed by atoms with Gasteiger partial charge in [0.05, 0.1) is 0 Å². The standard InChI is InChI=1S/C13H22N4O2S/c1-2-11-6-4-3-5-9-17(11)20(18,19)12-7-8-13(16-14)15-10-12/h7-8,10-11H,2-6,9,14H2,1H3,(H,15,16). The second kappa shape index (κ2) is 6.51. The lowest BCUT2D eigenvalue weighted by Crippen LogP contribution is -2.39. The molecule has 1 unspecified atom stereocenters. The summed E-state index contributed by atoms with van der Waals surface area (Å²) < 4.78 is 27.1. The fourth-order valence-corrected chi connectivity index (χ4v) is 4.34. The van der Waals surface area contributed by atoms with Gasteiger partial charge < -0.3 is 5.43 Å². The van der Waals surface area contributed by atoms with Gasteiger partial charge in [-0.15, -0.1) is 0 Å². The van der Waals surface area contributed by atoms with Crippen molar-refractivity contribution < 1.29 is 8.42 Å². The van der Waals surface area contributed by atoms with Crippen LogP contribution in [-0.2, 0) is 10.0 Å². The van der Waals surface area contributed by atoms with Crippen LogP contribution in [0.1, 0.15) is 39.0 Å². The van der Waals surface area contributed by atoms with Gasteiger partial charge >= 0.3 is 0 Å². The maximum atomic E-state index is 12.7. The van der Waals surface area contributed by atoms with E-state index < -0.39 is 10.0 Å². The van der Waals surface area contributed by atoms with Gasteiger partial charge in [0, 0.05) is 18.8 Å². The maximum Gasteiger partial charge on any atom is 0.244 e. The Labute approximate surface area is 120 Å². The van der Waals surface area contributed by atoms with Crippen LogP contribution in [0.5, 0.6) is 0 Å². The highest BCUT2D eigenvalue weighted by molar-refractivity contribution is 7.89. The van der Waals surface area contributed by atoms with Crippen molar-refractivity contribution in [3.05, 3.63) is 18.3 Å². The number of hydrogen-bond donors (Lipinski definition) is 2. The maximum absolute atomic E-state index is 12.7. The molecule has 2 heterocycles. The number of nitrogen functional groups attached to an aromatic ring is 1. The highest BCUT2D eigenvalue weighted by Gasteiger charge is 2.31. The predicted molar refractivity (Wildman–Crippen MR) is 78.5 cm³/mol. The first kappa shape index (κ1) is 15.2. The number of rotatable bonds is 4. The van der Waals surface area contributed by atoms with Crippen LogP contribution >= 0.6 is 0 Å². The van der Waals surface area contributed by atoms with Crippen molar-refractivity contribution in [3.63, 3.8) is 0 Å². The summed E-state index contributed by atoms with van der Waals surface area (Å²) in [5.41, 5.74) is 2.40. The van der Waals surface area contributed by atoms with Crippen molar-refractivity contribution in [1.29, 1.82) is 0 Å². The highest BCUT2D eigenvalue weighted by atomic mass is 32.2. The Kier molecular flexibility index (Phi) is 4.95. The molecule has 6 nitrogen and oxygen atoms in total. The SMILES string of the molecule is CCC1CCCCCN1S(=O)(=O)c1ccc(NN)nc1. The van der Waals surface area contributed by atoms with Crippen LogP contribution in [0.15, 0.2) is 23.2 Å². The second-order valence-electron chi connectivity index (χ2n) is 5.05. The van der Waals surface area contributed by atoms with E-state index in [-0.39, 0.29) is 10.9 Å². The Hall–Kier alpha value is -1.18. The second-order valence-corrected chi connectivity index (χ2v) is 6.94. The average Bonchev–Trinajstić information content (AvgIpc) is 2.73. The zero-order valence-electron chi connectivity index (χ0n) is 11.7. The minimum atomic E-state index is -3.47. The zero-order valence-corrected chi connectivity index (χ0v) is 12.6. The van der Waals surface area contributed by atoms with Gasteiger partial charge in [-0.25, -0.2) is 19.2 Å². The quantitative estimate of drug-likeness (QED) is 0.652. The molecular formula is C13H22N4O2S. The summed E-state index contributed by atoms with van der Waals surface area (Å²) in [4.78, 5) is 4.22. The smallest absolute Gasteiger partial charge is 0.244 e. The molecule has 7 heteroatoms. The topological polar surface area (TPSA) is 88.3 Å². The van der Waals surface area contributed by atoms with Crippen LogP contribution in [0.2, 0.25) is 0 Å². The Morgan fingerprint density at radius 1 is 1.40 bits per heavy atom. The third kappa shape index (κ3) is 3.11. The molecular weight excluding hydrogens is 276 g/mol. The minimum absolute atomic E-state index is 0.0924. The Balaban J connectivity index is 2.30. The van der Waals surface area contributed by atoms with Gasteiger partial charge in [-0.1, -0.05) is 19.8 Å². The number of hydrazine groups is 1. The molecule has 1 atom stereocenters. The van der Waals surface area contributed by atoms with Crippen LogP contribution in [-0.4, -0.2) is 30.3 Å². The number of anilines is 1. The molecule has 3 N–H and O–H groups in total. The minimum Gasteiger partial charge on any atom is -0.308 e. The molecule has 1 aliphatic heterocycles. The lowest BCUT2D eigenvalue weighted by Gasteiger charge is -2.28. The fraction of sp³-hybridized carbons (Fsp3) is 0.615. The Morgan fingerprint density at radius 2 is 2.20 bits per heavy atom. The summed E-state index contributed by atoms with van der Waals surface area (Å²) in [6, 6.07) is 3.22. The Morgan fingerprint density at radius 3 is 2.80 bits per heavy atom. The van der Waals surface area contributed by atoms with E-state index in [9.17, 15) is 8.42 Å². The van der Waals surface area contributed by atoms with Gasteiger partial charge in [0.25, 0.3) is 0 Å². The van der Waals surface area contributed by atoms with E-state index >= 15 is 0 Å². The van der Waals surface area contributed by atoms with Gasteiger partial charge in [0.1, 0.15) is 10.7 Å². The fourth-order valence-electron chi connectivity index (χ4n) is 2.63. The Bertz CT molecular complexity index is 530. The summed E-state index contributed by atoms with van der Waals surface area (Å²) in [6.45, 7) is 2.63. The van der Waals surface area contributed by atoms with Crippen molar-refractivity contribution in [2.24, 2.45) is 5.84 Å². The number of hydrogen-bond acceptors (Lipinski definition) is 5. The van der Waals surface area contributed by atoms with Crippen molar-refractivity contribution in [3.8, 4) is 0 Å². The molecule has 0 aromatic carbocycles. The van der Waals surface area contributed by atoms with Gasteiger partial charge in [0.2, 0.25) is 10.0 Å². The van der Waals surface area contributed by atoms with Crippen molar-refractivity contribution in [2.45, 2.75) is 50.0 Å². The van der Waals surface area contributed by atoms with E-state index in [1.54, 1.807) is 16.4 Å². The van der Waals surface area contributed by atoms with E-state index in [0.717, 1.165) is 32.1 Å². The first-order valence-corrected chi connectivity index (χ1v) is 8.48. The first-order valence-electron chi connectivity index (χ1n) is 7.04. The largest absolute Gasteiger partial charge is 0.308 e. The number of aromatic nitrogens is 1.